The Morgan fingerprint density at radius 3 is 2.20 bits per heavy atom. The van der Waals surface area contributed by atoms with Gasteiger partial charge in [-0.1, -0.05) is 35.3 Å². The van der Waals surface area contributed by atoms with Crippen LogP contribution in [0.3, 0.4) is 0 Å². The van der Waals surface area contributed by atoms with Gasteiger partial charge >= 0.3 is 0 Å². The molecule has 0 radical (unpaired) electrons. The standard InChI is InChI=1S/C18H18Cl2FN3S/c19-14-9-15(20)11-17(10-14)22-18(25)24-7-5-23(6-8-24)12-13-1-3-16(21)4-2-13/h1-4,9-11H,5-8,12H2,(H,22,25). The van der Waals surface area contributed by atoms with Crippen molar-refractivity contribution in [3.63, 3.8) is 0 Å². The maximum Gasteiger partial charge on any atom is 0.173 e. The van der Waals surface area contributed by atoms with Crippen molar-refractivity contribution >= 4 is 46.2 Å². The molecule has 132 valence electrons. The molecular formula is C18H18Cl2FN3S. The van der Waals surface area contributed by atoms with Crippen molar-refractivity contribution in [3.8, 4) is 0 Å². The van der Waals surface area contributed by atoms with Gasteiger partial charge in [-0.15, -0.1) is 0 Å². The predicted octanol–water partition coefficient (Wildman–Crippen LogP) is 4.65. The Morgan fingerprint density at radius 1 is 1.00 bits per heavy atom. The number of halogens is 3. The van der Waals surface area contributed by atoms with Crippen molar-refractivity contribution in [2.45, 2.75) is 6.54 Å². The van der Waals surface area contributed by atoms with Crippen LogP contribution in [0.1, 0.15) is 5.56 Å². The number of hydrogen-bond donors (Lipinski definition) is 1. The quantitative estimate of drug-likeness (QED) is 0.759. The molecule has 1 saturated heterocycles. The molecule has 0 atom stereocenters. The minimum Gasteiger partial charge on any atom is -0.346 e. The average molecular weight is 398 g/mol. The van der Waals surface area contributed by atoms with Gasteiger partial charge in [-0.05, 0) is 48.1 Å². The summed E-state index contributed by atoms with van der Waals surface area (Å²) in [4.78, 5) is 4.47. The van der Waals surface area contributed by atoms with Crippen LogP contribution in [0.2, 0.25) is 10.0 Å². The van der Waals surface area contributed by atoms with Crippen LogP contribution in [0.5, 0.6) is 0 Å². The van der Waals surface area contributed by atoms with Gasteiger partial charge in [0.25, 0.3) is 0 Å². The highest BCUT2D eigenvalue weighted by atomic mass is 35.5. The Morgan fingerprint density at radius 2 is 1.60 bits per heavy atom. The molecule has 1 aliphatic heterocycles. The van der Waals surface area contributed by atoms with Crippen molar-refractivity contribution in [1.29, 1.82) is 0 Å². The number of thiocarbonyl (C=S) groups is 1. The number of anilines is 1. The summed E-state index contributed by atoms with van der Waals surface area (Å²) in [5.41, 5.74) is 1.90. The molecular weight excluding hydrogens is 380 g/mol. The normalized spacial score (nSPS) is 15.2. The highest BCUT2D eigenvalue weighted by Gasteiger charge is 2.19. The lowest BCUT2D eigenvalue weighted by molar-refractivity contribution is 0.177. The summed E-state index contributed by atoms with van der Waals surface area (Å²) in [6.45, 7) is 4.28. The minimum atomic E-state index is -0.203. The number of nitrogens with zero attached hydrogens (tertiary/aromatic N) is 2. The molecule has 1 N–H and O–H groups in total. The molecule has 1 fully saturated rings. The van der Waals surface area contributed by atoms with Crippen LogP contribution in [-0.2, 0) is 6.54 Å². The van der Waals surface area contributed by atoms with E-state index in [1.54, 1.807) is 18.2 Å². The van der Waals surface area contributed by atoms with Gasteiger partial charge in [0, 0.05) is 48.5 Å². The van der Waals surface area contributed by atoms with E-state index < -0.39 is 0 Å². The van der Waals surface area contributed by atoms with Crippen molar-refractivity contribution in [2.24, 2.45) is 0 Å². The third-order valence-electron chi connectivity index (χ3n) is 4.09. The average Bonchev–Trinajstić information content (AvgIpc) is 2.56. The Bertz CT molecular complexity index is 726. The lowest BCUT2D eigenvalue weighted by Gasteiger charge is -2.36. The third kappa shape index (κ3) is 5.28. The molecule has 0 aliphatic carbocycles. The maximum absolute atomic E-state index is 13.0. The first-order valence-corrected chi connectivity index (χ1v) is 9.15. The van der Waals surface area contributed by atoms with Gasteiger partial charge in [-0.3, -0.25) is 4.90 Å². The fraction of sp³-hybridized carbons (Fsp3) is 0.278. The maximum atomic E-state index is 13.0. The zero-order valence-corrected chi connectivity index (χ0v) is 15.8. The SMILES string of the molecule is Fc1ccc(CN2CCN(C(=S)Nc3cc(Cl)cc(Cl)c3)CC2)cc1. The van der Waals surface area contributed by atoms with E-state index in [9.17, 15) is 4.39 Å². The number of hydrogen-bond acceptors (Lipinski definition) is 2. The monoisotopic (exact) mass is 397 g/mol. The van der Waals surface area contributed by atoms with Crippen molar-refractivity contribution in [3.05, 3.63) is 63.9 Å². The van der Waals surface area contributed by atoms with Crippen molar-refractivity contribution < 1.29 is 4.39 Å². The fourth-order valence-electron chi connectivity index (χ4n) is 2.79. The summed E-state index contributed by atoms with van der Waals surface area (Å²) >= 11 is 17.5. The molecule has 0 aromatic heterocycles. The molecule has 3 rings (SSSR count). The predicted molar refractivity (Wildman–Crippen MR) is 106 cm³/mol. The Hall–Kier alpha value is -1.40. The lowest BCUT2D eigenvalue weighted by atomic mass is 10.2. The molecule has 2 aromatic carbocycles. The fourth-order valence-corrected chi connectivity index (χ4v) is 3.61. The summed E-state index contributed by atoms with van der Waals surface area (Å²) in [7, 11) is 0. The highest BCUT2D eigenvalue weighted by Crippen LogP contribution is 2.23. The lowest BCUT2D eigenvalue weighted by Crippen LogP contribution is -2.49. The van der Waals surface area contributed by atoms with Gasteiger partial charge in [0.1, 0.15) is 5.82 Å². The highest BCUT2D eigenvalue weighted by molar-refractivity contribution is 7.80. The van der Waals surface area contributed by atoms with E-state index in [-0.39, 0.29) is 5.82 Å². The van der Waals surface area contributed by atoms with Gasteiger partial charge in [0.05, 0.1) is 0 Å². The van der Waals surface area contributed by atoms with Gasteiger partial charge in [-0.25, -0.2) is 4.39 Å². The van der Waals surface area contributed by atoms with Gasteiger partial charge in [0.2, 0.25) is 0 Å². The second-order valence-electron chi connectivity index (χ2n) is 5.98. The Labute approximate surface area is 162 Å². The second-order valence-corrected chi connectivity index (χ2v) is 7.24. The number of nitrogens with one attached hydrogen (secondary N) is 1. The van der Waals surface area contributed by atoms with Crippen LogP contribution >= 0.6 is 35.4 Å². The van der Waals surface area contributed by atoms with Crippen LogP contribution in [0.15, 0.2) is 42.5 Å². The Balaban J connectivity index is 1.51. The molecule has 0 unspecified atom stereocenters. The molecule has 25 heavy (non-hydrogen) atoms. The van der Waals surface area contributed by atoms with Crippen molar-refractivity contribution in [2.75, 3.05) is 31.5 Å². The van der Waals surface area contributed by atoms with E-state index in [2.05, 4.69) is 15.1 Å². The van der Waals surface area contributed by atoms with Crippen LogP contribution < -0.4 is 5.32 Å². The smallest absolute Gasteiger partial charge is 0.173 e. The molecule has 3 nitrogen and oxygen atoms in total. The van der Waals surface area contributed by atoms with E-state index in [4.69, 9.17) is 35.4 Å². The van der Waals surface area contributed by atoms with E-state index in [0.29, 0.717) is 15.2 Å². The molecule has 0 amide bonds. The third-order valence-corrected chi connectivity index (χ3v) is 4.89. The topological polar surface area (TPSA) is 18.5 Å². The van der Waals surface area contributed by atoms with E-state index in [1.165, 1.54) is 12.1 Å². The first-order chi connectivity index (χ1) is 12.0. The first kappa shape index (κ1) is 18.4. The number of benzene rings is 2. The van der Waals surface area contributed by atoms with Gasteiger partial charge in [0.15, 0.2) is 5.11 Å². The van der Waals surface area contributed by atoms with E-state index in [1.807, 2.05) is 12.1 Å². The molecule has 0 saturated carbocycles. The summed E-state index contributed by atoms with van der Waals surface area (Å²) in [5.74, 6) is -0.203. The van der Waals surface area contributed by atoms with Crippen LogP contribution in [0.4, 0.5) is 10.1 Å². The zero-order valence-electron chi connectivity index (χ0n) is 13.5. The summed E-state index contributed by atoms with van der Waals surface area (Å²) in [6.07, 6.45) is 0. The molecule has 7 heteroatoms. The van der Waals surface area contributed by atoms with Crippen LogP contribution in [0, 0.1) is 5.82 Å². The largest absolute Gasteiger partial charge is 0.346 e. The van der Waals surface area contributed by atoms with Crippen LogP contribution in [-0.4, -0.2) is 41.1 Å². The summed E-state index contributed by atoms with van der Waals surface area (Å²) < 4.78 is 13.0. The number of piperazine rings is 1. The van der Waals surface area contributed by atoms with Gasteiger partial charge < -0.3 is 10.2 Å². The van der Waals surface area contributed by atoms with E-state index >= 15 is 0 Å². The van der Waals surface area contributed by atoms with E-state index in [0.717, 1.165) is 44.0 Å². The summed E-state index contributed by atoms with van der Waals surface area (Å²) in [5, 5.41) is 5.00. The summed E-state index contributed by atoms with van der Waals surface area (Å²) in [6, 6.07) is 11.9. The molecule has 0 bridgehead atoms. The van der Waals surface area contributed by atoms with Gasteiger partial charge in [-0.2, -0.15) is 0 Å². The first-order valence-electron chi connectivity index (χ1n) is 7.98. The minimum absolute atomic E-state index is 0.203. The molecule has 2 aromatic rings. The second kappa shape index (κ2) is 8.32. The Kier molecular flexibility index (Phi) is 6.12. The number of rotatable bonds is 3. The zero-order chi connectivity index (χ0) is 17.8. The van der Waals surface area contributed by atoms with Crippen LogP contribution in [0.25, 0.3) is 0 Å². The molecule has 0 spiro atoms. The van der Waals surface area contributed by atoms with Crippen molar-refractivity contribution in [1.82, 2.24) is 9.80 Å². The molecule has 1 heterocycles. The molecule has 1 aliphatic rings.